The Balaban J connectivity index is 0.00000225. The summed E-state index contributed by atoms with van der Waals surface area (Å²) in [4.78, 5) is 12.0. The zero-order chi connectivity index (χ0) is 16.8. The monoisotopic (exact) mass is 449 g/mol. The zero-order valence-corrected chi connectivity index (χ0v) is 16.9. The molecule has 5 nitrogen and oxygen atoms in total. The number of aliphatic imine (C=N–C) groups is 1. The van der Waals surface area contributed by atoms with Gasteiger partial charge in [0.1, 0.15) is 0 Å². The van der Waals surface area contributed by atoms with Crippen LogP contribution in [-0.2, 0) is 13.0 Å². The number of pyridine rings is 1. The van der Waals surface area contributed by atoms with Crippen LogP contribution in [0.25, 0.3) is 10.9 Å². The van der Waals surface area contributed by atoms with Crippen LogP contribution >= 0.6 is 24.0 Å². The predicted octanol–water partition coefficient (Wildman–Crippen LogP) is 3.40. The van der Waals surface area contributed by atoms with Crippen molar-refractivity contribution < 1.29 is 0 Å². The summed E-state index contributed by atoms with van der Waals surface area (Å²) in [5.41, 5.74) is 4.78. The van der Waals surface area contributed by atoms with Crippen LogP contribution in [0, 0.1) is 6.92 Å². The first-order chi connectivity index (χ1) is 11.8. The Morgan fingerprint density at radius 2 is 1.92 bits per heavy atom. The zero-order valence-electron chi connectivity index (χ0n) is 14.5. The molecule has 0 radical (unpaired) electrons. The maximum Gasteiger partial charge on any atom is 0.191 e. The SMILES string of the molecule is CN=C(NCCc1c(C)[nH]c2ccccc12)NCc1ccccn1.I. The summed E-state index contributed by atoms with van der Waals surface area (Å²) < 4.78 is 0. The molecule has 3 rings (SSSR count). The second kappa shape index (κ2) is 9.41. The molecule has 0 spiro atoms. The molecule has 0 aliphatic carbocycles. The van der Waals surface area contributed by atoms with Crippen LogP contribution in [0.4, 0.5) is 0 Å². The van der Waals surface area contributed by atoms with E-state index < -0.39 is 0 Å². The molecule has 0 bridgehead atoms. The molecule has 3 N–H and O–H groups in total. The van der Waals surface area contributed by atoms with Gasteiger partial charge in [0.25, 0.3) is 0 Å². The molecule has 2 heterocycles. The number of rotatable bonds is 5. The van der Waals surface area contributed by atoms with E-state index in [2.05, 4.69) is 56.8 Å². The van der Waals surface area contributed by atoms with Crippen molar-refractivity contribution in [1.29, 1.82) is 0 Å². The Hall–Kier alpha value is -2.09. The number of benzene rings is 1. The van der Waals surface area contributed by atoms with E-state index in [1.165, 1.54) is 22.2 Å². The largest absolute Gasteiger partial charge is 0.358 e. The van der Waals surface area contributed by atoms with Gasteiger partial charge in [0, 0.05) is 36.4 Å². The van der Waals surface area contributed by atoms with Gasteiger partial charge in [-0.1, -0.05) is 24.3 Å². The van der Waals surface area contributed by atoms with E-state index in [1.807, 2.05) is 18.2 Å². The Morgan fingerprint density at radius 3 is 2.68 bits per heavy atom. The van der Waals surface area contributed by atoms with Crippen molar-refractivity contribution in [3.63, 3.8) is 0 Å². The second-order valence-electron chi connectivity index (χ2n) is 5.70. The summed E-state index contributed by atoms with van der Waals surface area (Å²) in [6.45, 7) is 3.61. The van der Waals surface area contributed by atoms with Crippen molar-refractivity contribution in [3.8, 4) is 0 Å². The van der Waals surface area contributed by atoms with E-state index in [4.69, 9.17) is 0 Å². The van der Waals surface area contributed by atoms with Crippen molar-refractivity contribution in [2.45, 2.75) is 19.9 Å². The van der Waals surface area contributed by atoms with Crippen molar-refractivity contribution in [1.82, 2.24) is 20.6 Å². The molecule has 0 atom stereocenters. The van der Waals surface area contributed by atoms with Gasteiger partial charge in [-0.3, -0.25) is 9.98 Å². The number of fused-ring (bicyclic) bond motifs is 1. The minimum atomic E-state index is 0. The molecule has 0 saturated heterocycles. The highest BCUT2D eigenvalue weighted by atomic mass is 127. The molecule has 25 heavy (non-hydrogen) atoms. The summed E-state index contributed by atoms with van der Waals surface area (Å²) in [7, 11) is 1.78. The quantitative estimate of drug-likeness (QED) is 0.318. The van der Waals surface area contributed by atoms with E-state index >= 15 is 0 Å². The molecule has 0 fully saturated rings. The highest BCUT2D eigenvalue weighted by Crippen LogP contribution is 2.21. The Labute approximate surface area is 165 Å². The van der Waals surface area contributed by atoms with Crippen molar-refractivity contribution >= 4 is 40.8 Å². The van der Waals surface area contributed by atoms with Gasteiger partial charge in [-0.05, 0) is 37.1 Å². The molecule has 3 aromatic rings. The maximum atomic E-state index is 4.30. The number of hydrogen-bond acceptors (Lipinski definition) is 2. The summed E-state index contributed by atoms with van der Waals surface area (Å²) in [6, 6.07) is 14.3. The van der Waals surface area contributed by atoms with Gasteiger partial charge in [-0.2, -0.15) is 0 Å². The van der Waals surface area contributed by atoms with Crippen LogP contribution in [0.5, 0.6) is 0 Å². The summed E-state index contributed by atoms with van der Waals surface area (Å²) in [5, 5.41) is 7.95. The molecular formula is C19H24IN5. The third-order valence-corrected chi connectivity index (χ3v) is 4.08. The van der Waals surface area contributed by atoms with Gasteiger partial charge < -0.3 is 15.6 Å². The topological polar surface area (TPSA) is 65.1 Å². The second-order valence-corrected chi connectivity index (χ2v) is 5.70. The molecule has 1 aromatic carbocycles. The normalized spacial score (nSPS) is 11.2. The number of nitrogens with one attached hydrogen (secondary N) is 3. The molecule has 2 aromatic heterocycles. The number of H-pyrrole nitrogens is 1. The standard InChI is InChI=1S/C19H23N5.HI/c1-14-16(17-8-3-4-9-18(17)24-14)10-12-22-19(20-2)23-13-15-7-5-6-11-21-15;/h3-9,11,24H,10,12-13H2,1-2H3,(H2,20,22,23);1H. The minimum Gasteiger partial charge on any atom is -0.358 e. The molecule has 132 valence electrons. The molecule has 0 aliphatic rings. The average Bonchev–Trinajstić information content (AvgIpc) is 2.94. The van der Waals surface area contributed by atoms with Crippen LogP contribution in [0.15, 0.2) is 53.7 Å². The van der Waals surface area contributed by atoms with Crippen LogP contribution in [0.3, 0.4) is 0 Å². The van der Waals surface area contributed by atoms with Gasteiger partial charge in [0.15, 0.2) is 5.96 Å². The number of nitrogens with zero attached hydrogens (tertiary/aromatic N) is 2. The molecule has 0 aliphatic heterocycles. The summed E-state index contributed by atoms with van der Waals surface area (Å²) in [6.07, 6.45) is 2.74. The Kier molecular flexibility index (Phi) is 7.24. The lowest BCUT2D eigenvalue weighted by Crippen LogP contribution is -2.38. The number of guanidine groups is 1. The first-order valence-electron chi connectivity index (χ1n) is 8.18. The summed E-state index contributed by atoms with van der Waals surface area (Å²) in [5.74, 6) is 0.790. The Bertz CT molecular complexity index is 826. The number of hydrogen-bond donors (Lipinski definition) is 3. The number of para-hydroxylation sites is 1. The number of aryl methyl sites for hydroxylation is 1. The third-order valence-electron chi connectivity index (χ3n) is 4.08. The van der Waals surface area contributed by atoms with Gasteiger partial charge in [0.05, 0.1) is 12.2 Å². The third kappa shape index (κ3) is 4.94. The number of aromatic nitrogens is 2. The number of aromatic amines is 1. The smallest absolute Gasteiger partial charge is 0.191 e. The van der Waals surface area contributed by atoms with Crippen molar-refractivity contribution in [3.05, 3.63) is 65.6 Å². The molecule has 0 saturated carbocycles. The van der Waals surface area contributed by atoms with Crippen LogP contribution < -0.4 is 10.6 Å². The lowest BCUT2D eigenvalue weighted by atomic mass is 10.1. The van der Waals surface area contributed by atoms with Crippen LogP contribution in [0.2, 0.25) is 0 Å². The predicted molar refractivity (Wildman–Crippen MR) is 115 cm³/mol. The van der Waals surface area contributed by atoms with E-state index in [1.54, 1.807) is 13.2 Å². The maximum absolute atomic E-state index is 4.30. The van der Waals surface area contributed by atoms with Gasteiger partial charge in [-0.25, -0.2) is 0 Å². The van der Waals surface area contributed by atoms with Crippen molar-refractivity contribution in [2.24, 2.45) is 4.99 Å². The lowest BCUT2D eigenvalue weighted by Gasteiger charge is -2.11. The first-order valence-corrected chi connectivity index (χ1v) is 8.18. The van der Waals surface area contributed by atoms with Gasteiger partial charge in [0.2, 0.25) is 0 Å². The first kappa shape index (κ1) is 19.2. The Morgan fingerprint density at radius 1 is 1.12 bits per heavy atom. The fourth-order valence-electron chi connectivity index (χ4n) is 2.86. The average molecular weight is 449 g/mol. The summed E-state index contributed by atoms with van der Waals surface area (Å²) >= 11 is 0. The molecule has 0 unspecified atom stereocenters. The lowest BCUT2D eigenvalue weighted by molar-refractivity contribution is 0.783. The van der Waals surface area contributed by atoms with E-state index in [-0.39, 0.29) is 24.0 Å². The highest BCUT2D eigenvalue weighted by molar-refractivity contribution is 14.0. The van der Waals surface area contributed by atoms with Crippen LogP contribution in [-0.4, -0.2) is 29.5 Å². The number of halogens is 1. The van der Waals surface area contributed by atoms with Crippen molar-refractivity contribution in [2.75, 3.05) is 13.6 Å². The molecular weight excluding hydrogens is 425 g/mol. The van der Waals surface area contributed by atoms with Gasteiger partial charge in [-0.15, -0.1) is 24.0 Å². The highest BCUT2D eigenvalue weighted by Gasteiger charge is 2.07. The minimum absolute atomic E-state index is 0. The van der Waals surface area contributed by atoms with E-state index in [0.29, 0.717) is 6.54 Å². The molecule has 6 heteroatoms. The van der Waals surface area contributed by atoms with E-state index in [0.717, 1.165) is 24.6 Å². The van der Waals surface area contributed by atoms with E-state index in [9.17, 15) is 0 Å². The fraction of sp³-hybridized carbons (Fsp3) is 0.263. The van der Waals surface area contributed by atoms with Crippen LogP contribution in [0.1, 0.15) is 17.0 Å². The fourth-order valence-corrected chi connectivity index (χ4v) is 2.86. The van der Waals surface area contributed by atoms with Gasteiger partial charge >= 0.3 is 0 Å². The molecule has 0 amide bonds.